The molecule has 1 aliphatic heterocycles. The van der Waals surface area contributed by atoms with E-state index in [0.29, 0.717) is 17.1 Å². The maximum Gasteiger partial charge on any atom is 0.266 e. The van der Waals surface area contributed by atoms with Crippen molar-refractivity contribution < 1.29 is 9.90 Å². The van der Waals surface area contributed by atoms with Gasteiger partial charge in [0.1, 0.15) is 4.88 Å². The summed E-state index contributed by atoms with van der Waals surface area (Å²) >= 11 is 4.84. The first-order chi connectivity index (χ1) is 9.61. The molecule has 1 aromatic heterocycles. The largest absolute Gasteiger partial charge is 0.397 e. The molecular weight excluding hydrogens is 340 g/mol. The van der Waals surface area contributed by atoms with E-state index in [1.807, 2.05) is 18.2 Å². The van der Waals surface area contributed by atoms with Crippen LogP contribution in [0.2, 0.25) is 0 Å². The number of fused-ring (bicyclic) bond motifs is 1. The van der Waals surface area contributed by atoms with E-state index in [1.165, 1.54) is 11.3 Å². The highest BCUT2D eigenvalue weighted by atomic mass is 79.9. The van der Waals surface area contributed by atoms with E-state index in [2.05, 4.69) is 15.9 Å². The minimum absolute atomic E-state index is 0.0160. The first-order valence-corrected chi connectivity index (χ1v) is 8.12. The molecule has 1 fully saturated rings. The second-order valence-corrected chi connectivity index (χ2v) is 6.93. The lowest BCUT2D eigenvalue weighted by molar-refractivity contribution is 0.0683. The normalized spacial score (nSPS) is 18.9. The van der Waals surface area contributed by atoms with Crippen molar-refractivity contribution in [2.45, 2.75) is 18.9 Å². The van der Waals surface area contributed by atoms with Crippen molar-refractivity contribution in [1.82, 2.24) is 4.90 Å². The topological polar surface area (TPSA) is 66.6 Å². The monoisotopic (exact) mass is 354 g/mol. The summed E-state index contributed by atoms with van der Waals surface area (Å²) < 4.78 is 1.96. The number of nitrogens with two attached hydrogens (primary N) is 1. The van der Waals surface area contributed by atoms with Gasteiger partial charge in [-0.1, -0.05) is 15.9 Å². The van der Waals surface area contributed by atoms with E-state index in [-0.39, 0.29) is 18.6 Å². The molecule has 1 unspecified atom stereocenters. The SMILES string of the molecule is Nc1c(C(=O)N2CCCC2CO)sc2ccc(Br)cc12. The summed E-state index contributed by atoms with van der Waals surface area (Å²) in [5, 5.41) is 10.3. The zero-order chi connectivity index (χ0) is 14.3. The van der Waals surface area contributed by atoms with Gasteiger partial charge in [0, 0.05) is 21.1 Å². The fourth-order valence-electron chi connectivity index (χ4n) is 2.67. The van der Waals surface area contributed by atoms with Gasteiger partial charge in [-0.25, -0.2) is 0 Å². The fraction of sp³-hybridized carbons (Fsp3) is 0.357. The molecule has 4 nitrogen and oxygen atoms in total. The summed E-state index contributed by atoms with van der Waals surface area (Å²) in [7, 11) is 0. The molecule has 2 aromatic rings. The number of nitrogens with zero attached hydrogens (tertiary/aromatic N) is 1. The van der Waals surface area contributed by atoms with Crippen LogP contribution in [0.3, 0.4) is 0 Å². The molecule has 1 saturated heterocycles. The number of hydrogen-bond acceptors (Lipinski definition) is 4. The van der Waals surface area contributed by atoms with Crippen molar-refractivity contribution in [1.29, 1.82) is 0 Å². The van der Waals surface area contributed by atoms with E-state index in [4.69, 9.17) is 5.73 Å². The number of amides is 1. The Bertz CT molecular complexity index is 670. The molecule has 0 spiro atoms. The zero-order valence-corrected chi connectivity index (χ0v) is 13.2. The number of halogens is 1. The lowest BCUT2D eigenvalue weighted by atomic mass is 10.2. The van der Waals surface area contributed by atoms with Crippen LogP contribution in [0.4, 0.5) is 5.69 Å². The molecule has 1 aliphatic rings. The maximum atomic E-state index is 12.6. The number of anilines is 1. The van der Waals surface area contributed by atoms with Crippen LogP contribution in [-0.2, 0) is 0 Å². The van der Waals surface area contributed by atoms with Gasteiger partial charge in [0.25, 0.3) is 5.91 Å². The lowest BCUT2D eigenvalue weighted by Gasteiger charge is -2.22. The summed E-state index contributed by atoms with van der Waals surface area (Å²) in [4.78, 5) is 15.0. The van der Waals surface area contributed by atoms with Gasteiger partial charge in [-0.2, -0.15) is 0 Å². The van der Waals surface area contributed by atoms with Crippen molar-refractivity contribution in [2.75, 3.05) is 18.9 Å². The first kappa shape index (κ1) is 13.9. The molecule has 0 saturated carbocycles. The molecule has 20 heavy (non-hydrogen) atoms. The molecule has 106 valence electrons. The number of nitrogen functional groups attached to an aromatic ring is 1. The minimum Gasteiger partial charge on any atom is -0.397 e. The number of carbonyl (C=O) groups is 1. The zero-order valence-electron chi connectivity index (χ0n) is 10.8. The van der Waals surface area contributed by atoms with Gasteiger partial charge in [-0.05, 0) is 31.0 Å². The third-order valence-electron chi connectivity index (χ3n) is 3.73. The molecule has 2 heterocycles. The van der Waals surface area contributed by atoms with Crippen molar-refractivity contribution in [3.63, 3.8) is 0 Å². The molecule has 0 bridgehead atoms. The summed E-state index contributed by atoms with van der Waals surface area (Å²) in [5.74, 6) is -0.0589. The number of benzene rings is 1. The Morgan fingerprint density at radius 1 is 1.55 bits per heavy atom. The molecular formula is C14H15BrN2O2S. The van der Waals surface area contributed by atoms with E-state index in [0.717, 1.165) is 27.4 Å². The second-order valence-electron chi connectivity index (χ2n) is 4.96. The van der Waals surface area contributed by atoms with Gasteiger partial charge in [0.05, 0.1) is 18.3 Å². The van der Waals surface area contributed by atoms with Gasteiger partial charge < -0.3 is 15.7 Å². The highest BCUT2D eigenvalue weighted by Crippen LogP contribution is 2.37. The number of thiophene rings is 1. The Kier molecular flexibility index (Phi) is 3.70. The molecule has 1 amide bonds. The summed E-state index contributed by atoms with van der Waals surface area (Å²) in [6.45, 7) is 0.712. The maximum absolute atomic E-state index is 12.6. The predicted octanol–water partition coefficient (Wildman–Crippen LogP) is 2.84. The fourth-order valence-corrected chi connectivity index (χ4v) is 4.09. The van der Waals surface area contributed by atoms with E-state index < -0.39 is 0 Å². The van der Waals surface area contributed by atoms with Crippen molar-refractivity contribution in [2.24, 2.45) is 0 Å². The molecule has 1 aromatic carbocycles. The van der Waals surface area contributed by atoms with Crippen LogP contribution in [0.1, 0.15) is 22.5 Å². The Balaban J connectivity index is 2.01. The number of aliphatic hydroxyl groups is 1. The van der Waals surface area contributed by atoms with Gasteiger partial charge >= 0.3 is 0 Å². The second kappa shape index (κ2) is 5.35. The molecule has 0 radical (unpaired) electrons. The van der Waals surface area contributed by atoms with E-state index in [1.54, 1.807) is 4.90 Å². The molecule has 3 N–H and O–H groups in total. The Morgan fingerprint density at radius 3 is 3.10 bits per heavy atom. The average Bonchev–Trinajstić information content (AvgIpc) is 3.03. The number of rotatable bonds is 2. The minimum atomic E-state index is -0.0705. The predicted molar refractivity (Wildman–Crippen MR) is 85.1 cm³/mol. The van der Waals surface area contributed by atoms with Crippen molar-refractivity contribution in [3.05, 3.63) is 27.5 Å². The lowest BCUT2D eigenvalue weighted by Crippen LogP contribution is -2.37. The average molecular weight is 355 g/mol. The molecule has 1 atom stereocenters. The van der Waals surface area contributed by atoms with Crippen LogP contribution >= 0.6 is 27.3 Å². The molecule has 6 heteroatoms. The number of hydrogen-bond donors (Lipinski definition) is 2. The van der Waals surface area contributed by atoms with E-state index >= 15 is 0 Å². The van der Waals surface area contributed by atoms with Crippen LogP contribution in [0.15, 0.2) is 22.7 Å². The van der Waals surface area contributed by atoms with Crippen LogP contribution in [0.5, 0.6) is 0 Å². The van der Waals surface area contributed by atoms with Crippen LogP contribution in [0.25, 0.3) is 10.1 Å². The smallest absolute Gasteiger partial charge is 0.266 e. The van der Waals surface area contributed by atoms with E-state index in [9.17, 15) is 9.90 Å². The highest BCUT2D eigenvalue weighted by Gasteiger charge is 2.31. The third-order valence-corrected chi connectivity index (χ3v) is 5.40. The molecule has 3 rings (SSSR count). The first-order valence-electron chi connectivity index (χ1n) is 6.51. The van der Waals surface area contributed by atoms with Crippen molar-refractivity contribution >= 4 is 48.9 Å². The summed E-state index contributed by atoms with van der Waals surface area (Å²) in [6, 6.07) is 5.77. The third kappa shape index (κ3) is 2.21. The van der Waals surface area contributed by atoms with Gasteiger partial charge in [-0.15, -0.1) is 11.3 Å². The highest BCUT2D eigenvalue weighted by molar-refractivity contribution is 9.10. The summed E-state index contributed by atoms with van der Waals surface area (Å²) in [6.07, 6.45) is 1.80. The van der Waals surface area contributed by atoms with Crippen LogP contribution in [0, 0.1) is 0 Å². The van der Waals surface area contributed by atoms with Crippen LogP contribution < -0.4 is 5.73 Å². The number of carbonyl (C=O) groups excluding carboxylic acids is 1. The van der Waals surface area contributed by atoms with Crippen molar-refractivity contribution in [3.8, 4) is 0 Å². The summed E-state index contributed by atoms with van der Waals surface area (Å²) in [5.41, 5.74) is 6.68. The molecule has 0 aliphatic carbocycles. The number of aliphatic hydroxyl groups excluding tert-OH is 1. The Hall–Kier alpha value is -1.11. The standard InChI is InChI=1S/C14H15BrN2O2S/c15-8-3-4-11-10(6-8)12(16)13(20-11)14(19)17-5-1-2-9(17)7-18/h3-4,6,9,18H,1-2,5,7,16H2. The quantitative estimate of drug-likeness (QED) is 0.871. The number of likely N-dealkylation sites (tertiary alicyclic amines) is 1. The Morgan fingerprint density at radius 2 is 2.35 bits per heavy atom. The van der Waals surface area contributed by atoms with Gasteiger partial charge in [0.2, 0.25) is 0 Å². The van der Waals surface area contributed by atoms with Gasteiger partial charge in [0.15, 0.2) is 0 Å². The van der Waals surface area contributed by atoms with Gasteiger partial charge in [-0.3, -0.25) is 4.79 Å². The Labute approximate surface area is 129 Å². The van der Waals surface area contributed by atoms with Crippen LogP contribution in [-0.4, -0.2) is 35.1 Å².